The van der Waals surface area contributed by atoms with Crippen molar-refractivity contribution in [3.63, 3.8) is 0 Å². The van der Waals surface area contributed by atoms with E-state index in [1.807, 2.05) is 18.2 Å². The normalized spacial score (nSPS) is 15.8. The first-order valence-corrected chi connectivity index (χ1v) is 4.67. The summed E-state index contributed by atoms with van der Waals surface area (Å²) in [6, 6.07) is 5.72. The van der Waals surface area contributed by atoms with Crippen LogP contribution in [0.4, 0.5) is 5.69 Å². The van der Waals surface area contributed by atoms with E-state index < -0.39 is 0 Å². The van der Waals surface area contributed by atoms with E-state index in [0.717, 1.165) is 22.6 Å². The Morgan fingerprint density at radius 3 is 3.00 bits per heavy atom. The topological polar surface area (TPSA) is 43.1 Å². The lowest BCUT2D eigenvalue weighted by Gasteiger charge is -2.15. The molecule has 1 heterocycles. The fraction of sp³-hybridized carbons (Fsp3) is 0.222. The van der Waals surface area contributed by atoms with Crippen LogP contribution in [-0.4, -0.2) is 5.12 Å². The molecule has 1 aromatic rings. The number of hydrogen-bond donors (Lipinski definition) is 1. The Kier molecular flexibility index (Phi) is 1.81. The van der Waals surface area contributed by atoms with Crippen molar-refractivity contribution in [1.82, 2.24) is 0 Å². The van der Waals surface area contributed by atoms with Gasteiger partial charge in [-0.2, -0.15) is 0 Å². The van der Waals surface area contributed by atoms with Gasteiger partial charge < -0.3 is 5.73 Å². The molecule has 0 aliphatic carbocycles. The van der Waals surface area contributed by atoms with Crippen molar-refractivity contribution in [3.05, 3.63) is 23.8 Å². The minimum atomic E-state index is 0.244. The van der Waals surface area contributed by atoms with Crippen molar-refractivity contribution in [2.45, 2.75) is 17.7 Å². The van der Waals surface area contributed by atoms with Gasteiger partial charge in [-0.3, -0.25) is 4.79 Å². The quantitative estimate of drug-likeness (QED) is 0.618. The Labute approximate surface area is 75.1 Å². The van der Waals surface area contributed by atoms with Crippen LogP contribution >= 0.6 is 11.8 Å². The van der Waals surface area contributed by atoms with E-state index in [0.29, 0.717) is 6.42 Å². The fourth-order valence-corrected chi connectivity index (χ4v) is 2.29. The average Bonchev–Trinajstić information content (AvgIpc) is 2.04. The van der Waals surface area contributed by atoms with Crippen LogP contribution in [-0.2, 0) is 11.2 Å². The zero-order chi connectivity index (χ0) is 8.55. The van der Waals surface area contributed by atoms with E-state index >= 15 is 0 Å². The second-order valence-electron chi connectivity index (χ2n) is 2.80. The average molecular weight is 179 g/mol. The number of nitrogens with two attached hydrogens (primary N) is 1. The van der Waals surface area contributed by atoms with E-state index in [4.69, 9.17) is 5.73 Å². The Hall–Kier alpha value is -0.960. The molecule has 0 unspecified atom stereocenters. The maximum absolute atomic E-state index is 11.1. The summed E-state index contributed by atoms with van der Waals surface area (Å²) in [6.07, 6.45) is 1.42. The SMILES string of the molecule is Nc1cccc2c1CCC(=O)S2. The van der Waals surface area contributed by atoms with Gasteiger partial charge in [0.25, 0.3) is 0 Å². The lowest BCUT2D eigenvalue weighted by Crippen LogP contribution is -2.06. The summed E-state index contributed by atoms with van der Waals surface area (Å²) < 4.78 is 0. The summed E-state index contributed by atoms with van der Waals surface area (Å²) >= 11 is 1.31. The van der Waals surface area contributed by atoms with Crippen molar-refractivity contribution in [1.29, 1.82) is 0 Å². The van der Waals surface area contributed by atoms with E-state index in [2.05, 4.69) is 0 Å². The van der Waals surface area contributed by atoms with Crippen molar-refractivity contribution in [3.8, 4) is 0 Å². The van der Waals surface area contributed by atoms with Crippen LogP contribution in [0.25, 0.3) is 0 Å². The molecule has 0 fully saturated rings. The molecule has 2 nitrogen and oxygen atoms in total. The third kappa shape index (κ3) is 1.20. The molecule has 12 heavy (non-hydrogen) atoms. The van der Waals surface area contributed by atoms with Crippen molar-refractivity contribution < 1.29 is 4.79 Å². The third-order valence-corrected chi connectivity index (χ3v) is 3.01. The van der Waals surface area contributed by atoms with Gasteiger partial charge in [0.05, 0.1) is 0 Å². The number of carbonyl (C=O) groups excluding carboxylic acids is 1. The van der Waals surface area contributed by atoms with Crippen LogP contribution in [0.15, 0.2) is 23.1 Å². The maximum atomic E-state index is 11.1. The van der Waals surface area contributed by atoms with E-state index in [1.165, 1.54) is 11.8 Å². The molecule has 0 atom stereocenters. The number of thioether (sulfide) groups is 1. The first-order chi connectivity index (χ1) is 5.77. The van der Waals surface area contributed by atoms with Crippen LogP contribution in [0.3, 0.4) is 0 Å². The first-order valence-electron chi connectivity index (χ1n) is 3.85. The van der Waals surface area contributed by atoms with Gasteiger partial charge in [-0.15, -0.1) is 0 Å². The summed E-state index contributed by atoms with van der Waals surface area (Å²) in [6.45, 7) is 0. The predicted octanol–water partition coefficient (Wildman–Crippen LogP) is 1.83. The number of anilines is 1. The molecule has 62 valence electrons. The lowest BCUT2D eigenvalue weighted by molar-refractivity contribution is -0.111. The van der Waals surface area contributed by atoms with Crippen molar-refractivity contribution in [2.75, 3.05) is 5.73 Å². The molecule has 0 spiro atoms. The minimum absolute atomic E-state index is 0.244. The number of nitrogen functional groups attached to an aromatic ring is 1. The lowest BCUT2D eigenvalue weighted by atomic mass is 10.1. The molecule has 3 heteroatoms. The Morgan fingerprint density at radius 1 is 1.33 bits per heavy atom. The van der Waals surface area contributed by atoms with Crippen LogP contribution in [0.2, 0.25) is 0 Å². The third-order valence-electron chi connectivity index (χ3n) is 1.97. The monoisotopic (exact) mass is 179 g/mol. The number of fused-ring (bicyclic) bond motifs is 1. The molecular weight excluding hydrogens is 170 g/mol. The molecule has 0 saturated carbocycles. The molecule has 0 aromatic heterocycles. The van der Waals surface area contributed by atoms with Gasteiger partial charge in [0.2, 0.25) is 0 Å². The molecule has 1 aliphatic rings. The van der Waals surface area contributed by atoms with Crippen LogP contribution in [0.5, 0.6) is 0 Å². The summed E-state index contributed by atoms with van der Waals surface area (Å²) in [5.41, 5.74) is 7.72. The van der Waals surface area contributed by atoms with Gasteiger partial charge in [0.1, 0.15) is 0 Å². The summed E-state index contributed by atoms with van der Waals surface area (Å²) in [7, 11) is 0. The van der Waals surface area contributed by atoms with E-state index in [-0.39, 0.29) is 5.12 Å². The molecular formula is C9H9NOS. The summed E-state index contributed by atoms with van der Waals surface area (Å²) in [5.74, 6) is 0. The molecule has 0 saturated heterocycles. The van der Waals surface area contributed by atoms with Crippen molar-refractivity contribution >= 4 is 22.6 Å². The van der Waals surface area contributed by atoms with Gasteiger partial charge in [0, 0.05) is 17.0 Å². The standard InChI is InChI=1S/C9H9NOS/c10-7-2-1-3-8-6(7)4-5-9(11)12-8/h1-3H,4-5,10H2. The molecule has 0 bridgehead atoms. The smallest absolute Gasteiger partial charge is 0.194 e. The van der Waals surface area contributed by atoms with Crippen LogP contribution in [0.1, 0.15) is 12.0 Å². The number of hydrogen-bond acceptors (Lipinski definition) is 3. The van der Waals surface area contributed by atoms with Gasteiger partial charge in [-0.1, -0.05) is 17.8 Å². The molecule has 1 aromatic carbocycles. The van der Waals surface area contributed by atoms with Gasteiger partial charge in [0.15, 0.2) is 5.12 Å². The minimum Gasteiger partial charge on any atom is -0.398 e. The van der Waals surface area contributed by atoms with Gasteiger partial charge in [-0.25, -0.2) is 0 Å². The Morgan fingerprint density at radius 2 is 2.17 bits per heavy atom. The zero-order valence-electron chi connectivity index (χ0n) is 6.54. The highest BCUT2D eigenvalue weighted by Crippen LogP contribution is 2.33. The Balaban J connectivity index is 2.48. The maximum Gasteiger partial charge on any atom is 0.194 e. The summed E-state index contributed by atoms with van der Waals surface area (Å²) in [4.78, 5) is 12.1. The highest BCUT2D eigenvalue weighted by atomic mass is 32.2. The predicted molar refractivity (Wildman–Crippen MR) is 50.0 cm³/mol. The molecule has 0 radical (unpaired) electrons. The van der Waals surface area contributed by atoms with Crippen LogP contribution in [0, 0.1) is 0 Å². The van der Waals surface area contributed by atoms with Crippen molar-refractivity contribution in [2.24, 2.45) is 0 Å². The van der Waals surface area contributed by atoms with Gasteiger partial charge in [-0.05, 0) is 24.1 Å². The fourth-order valence-electron chi connectivity index (χ4n) is 1.35. The number of benzene rings is 1. The molecule has 2 N–H and O–H groups in total. The van der Waals surface area contributed by atoms with E-state index in [1.54, 1.807) is 0 Å². The van der Waals surface area contributed by atoms with E-state index in [9.17, 15) is 4.79 Å². The second-order valence-corrected chi connectivity index (χ2v) is 3.90. The number of carbonyl (C=O) groups is 1. The number of rotatable bonds is 0. The first kappa shape index (κ1) is 7.68. The Bertz CT molecular complexity index is 335. The largest absolute Gasteiger partial charge is 0.398 e. The highest BCUT2D eigenvalue weighted by molar-refractivity contribution is 8.13. The molecule has 1 aliphatic heterocycles. The molecule has 0 amide bonds. The second kappa shape index (κ2) is 2.83. The zero-order valence-corrected chi connectivity index (χ0v) is 7.36. The highest BCUT2D eigenvalue weighted by Gasteiger charge is 2.17. The van der Waals surface area contributed by atoms with Crippen LogP contribution < -0.4 is 5.73 Å². The summed E-state index contributed by atoms with van der Waals surface area (Å²) in [5, 5.41) is 0.244. The molecule has 2 rings (SSSR count). The van der Waals surface area contributed by atoms with Gasteiger partial charge >= 0.3 is 0 Å².